The van der Waals surface area contributed by atoms with Crippen LogP contribution in [0.1, 0.15) is 11.6 Å². The Balaban J connectivity index is 2.24. The number of hydrogen-bond donors (Lipinski definition) is 1. The third kappa shape index (κ3) is 2.09. The first kappa shape index (κ1) is 10.8. The van der Waals surface area contributed by atoms with Gasteiger partial charge in [-0.05, 0) is 18.2 Å². The van der Waals surface area contributed by atoms with Gasteiger partial charge in [0.05, 0.1) is 12.6 Å². The first-order chi connectivity index (χ1) is 7.68. The normalized spacial score (nSPS) is 12.7. The van der Waals surface area contributed by atoms with Crippen molar-refractivity contribution in [3.8, 4) is 0 Å². The number of nitrogens with zero attached hydrogens (tertiary/aromatic N) is 2. The SMILES string of the molecule is NC(Cn1cccn1)c1c(F)cccc1F. The highest BCUT2D eigenvalue weighted by molar-refractivity contribution is 5.22. The second-order valence-electron chi connectivity index (χ2n) is 3.47. The van der Waals surface area contributed by atoms with Crippen molar-refractivity contribution in [1.29, 1.82) is 0 Å². The van der Waals surface area contributed by atoms with Crippen molar-refractivity contribution in [2.24, 2.45) is 5.73 Å². The van der Waals surface area contributed by atoms with Crippen LogP contribution in [-0.2, 0) is 6.54 Å². The summed E-state index contributed by atoms with van der Waals surface area (Å²) in [6, 6.07) is 4.68. The molecule has 0 bridgehead atoms. The van der Waals surface area contributed by atoms with E-state index in [9.17, 15) is 8.78 Å². The molecule has 0 aliphatic heterocycles. The van der Waals surface area contributed by atoms with Gasteiger partial charge in [0.2, 0.25) is 0 Å². The van der Waals surface area contributed by atoms with Gasteiger partial charge in [0, 0.05) is 18.0 Å². The zero-order valence-electron chi connectivity index (χ0n) is 8.48. The van der Waals surface area contributed by atoms with E-state index in [0.29, 0.717) is 0 Å². The molecule has 0 aliphatic rings. The van der Waals surface area contributed by atoms with Gasteiger partial charge >= 0.3 is 0 Å². The van der Waals surface area contributed by atoms with Gasteiger partial charge in [-0.1, -0.05) is 6.07 Å². The maximum atomic E-state index is 13.4. The maximum Gasteiger partial charge on any atom is 0.130 e. The number of hydrogen-bond acceptors (Lipinski definition) is 2. The van der Waals surface area contributed by atoms with E-state index in [2.05, 4.69) is 5.10 Å². The van der Waals surface area contributed by atoms with Gasteiger partial charge < -0.3 is 5.73 Å². The minimum Gasteiger partial charge on any atom is -0.322 e. The predicted octanol–water partition coefficient (Wildman–Crippen LogP) is 1.86. The van der Waals surface area contributed by atoms with E-state index in [1.807, 2.05) is 0 Å². The van der Waals surface area contributed by atoms with Crippen molar-refractivity contribution < 1.29 is 8.78 Å². The highest BCUT2D eigenvalue weighted by Gasteiger charge is 2.16. The van der Waals surface area contributed by atoms with E-state index in [1.54, 1.807) is 18.5 Å². The summed E-state index contributed by atoms with van der Waals surface area (Å²) in [6.45, 7) is 0.241. The standard InChI is InChI=1S/C11H11F2N3/c12-8-3-1-4-9(13)11(8)10(14)7-16-6-2-5-15-16/h1-6,10H,7,14H2. The molecule has 16 heavy (non-hydrogen) atoms. The lowest BCUT2D eigenvalue weighted by molar-refractivity contribution is 0.472. The Morgan fingerprint density at radius 2 is 1.94 bits per heavy atom. The summed E-state index contributed by atoms with van der Waals surface area (Å²) in [5, 5.41) is 3.93. The van der Waals surface area contributed by atoms with E-state index in [-0.39, 0.29) is 12.1 Å². The van der Waals surface area contributed by atoms with Crippen molar-refractivity contribution in [1.82, 2.24) is 9.78 Å². The molecule has 0 aliphatic carbocycles. The smallest absolute Gasteiger partial charge is 0.130 e. The van der Waals surface area contributed by atoms with Gasteiger partial charge in [-0.25, -0.2) is 8.78 Å². The van der Waals surface area contributed by atoms with E-state index in [4.69, 9.17) is 5.73 Å². The first-order valence-electron chi connectivity index (χ1n) is 4.85. The highest BCUT2D eigenvalue weighted by Crippen LogP contribution is 2.19. The molecule has 0 spiro atoms. The highest BCUT2D eigenvalue weighted by atomic mass is 19.1. The zero-order chi connectivity index (χ0) is 11.5. The van der Waals surface area contributed by atoms with Crippen LogP contribution in [0.2, 0.25) is 0 Å². The summed E-state index contributed by atoms with van der Waals surface area (Å²) in [7, 11) is 0. The Kier molecular flexibility index (Phi) is 2.96. The van der Waals surface area contributed by atoms with E-state index < -0.39 is 17.7 Å². The minimum atomic E-state index is -0.749. The van der Waals surface area contributed by atoms with Crippen molar-refractivity contribution in [3.05, 3.63) is 53.9 Å². The molecule has 0 saturated heterocycles. The molecule has 3 nitrogen and oxygen atoms in total. The average Bonchev–Trinajstić information content (AvgIpc) is 2.70. The molecular weight excluding hydrogens is 212 g/mol. The Morgan fingerprint density at radius 3 is 2.50 bits per heavy atom. The van der Waals surface area contributed by atoms with Crippen LogP contribution in [0.15, 0.2) is 36.7 Å². The summed E-state index contributed by atoms with van der Waals surface area (Å²) in [6.07, 6.45) is 3.28. The quantitative estimate of drug-likeness (QED) is 0.863. The minimum absolute atomic E-state index is 0.0991. The molecule has 1 atom stereocenters. The number of aromatic nitrogens is 2. The van der Waals surface area contributed by atoms with Crippen LogP contribution in [0.5, 0.6) is 0 Å². The first-order valence-corrected chi connectivity index (χ1v) is 4.85. The van der Waals surface area contributed by atoms with E-state index in [1.165, 1.54) is 22.9 Å². The topological polar surface area (TPSA) is 43.8 Å². The predicted molar refractivity (Wildman–Crippen MR) is 55.5 cm³/mol. The fourth-order valence-electron chi connectivity index (χ4n) is 1.57. The van der Waals surface area contributed by atoms with Crippen molar-refractivity contribution in [3.63, 3.8) is 0 Å². The van der Waals surface area contributed by atoms with Crippen LogP contribution in [0.25, 0.3) is 0 Å². The van der Waals surface area contributed by atoms with Gasteiger partial charge in [0.15, 0.2) is 0 Å². The molecule has 1 aromatic heterocycles. The molecule has 1 heterocycles. The molecule has 1 unspecified atom stereocenters. The number of benzene rings is 1. The Morgan fingerprint density at radius 1 is 1.25 bits per heavy atom. The molecule has 2 N–H and O–H groups in total. The third-order valence-corrected chi connectivity index (χ3v) is 2.31. The summed E-state index contributed by atoms with van der Waals surface area (Å²) in [5.74, 6) is -1.25. The Labute approximate surface area is 91.5 Å². The van der Waals surface area contributed by atoms with Gasteiger partial charge in [-0.3, -0.25) is 4.68 Å². The molecule has 0 fully saturated rings. The van der Waals surface area contributed by atoms with Gasteiger partial charge in [-0.2, -0.15) is 5.10 Å². The van der Waals surface area contributed by atoms with Crippen LogP contribution in [0.3, 0.4) is 0 Å². The fourth-order valence-corrected chi connectivity index (χ4v) is 1.57. The second kappa shape index (κ2) is 4.40. The molecule has 0 radical (unpaired) electrons. The largest absolute Gasteiger partial charge is 0.322 e. The monoisotopic (exact) mass is 223 g/mol. The fraction of sp³-hybridized carbons (Fsp3) is 0.182. The number of rotatable bonds is 3. The molecular formula is C11H11F2N3. The van der Waals surface area contributed by atoms with Gasteiger partial charge in [-0.15, -0.1) is 0 Å². The summed E-state index contributed by atoms with van der Waals surface area (Å²) >= 11 is 0. The molecule has 2 rings (SSSR count). The lowest BCUT2D eigenvalue weighted by Gasteiger charge is -2.13. The van der Waals surface area contributed by atoms with E-state index >= 15 is 0 Å². The van der Waals surface area contributed by atoms with E-state index in [0.717, 1.165) is 0 Å². The van der Waals surface area contributed by atoms with Crippen molar-refractivity contribution in [2.75, 3.05) is 0 Å². The lowest BCUT2D eigenvalue weighted by Crippen LogP contribution is -2.20. The lowest BCUT2D eigenvalue weighted by atomic mass is 10.1. The van der Waals surface area contributed by atoms with Crippen LogP contribution < -0.4 is 5.73 Å². The van der Waals surface area contributed by atoms with Crippen LogP contribution in [0.4, 0.5) is 8.78 Å². The van der Waals surface area contributed by atoms with Crippen molar-refractivity contribution in [2.45, 2.75) is 12.6 Å². The third-order valence-electron chi connectivity index (χ3n) is 2.31. The Hall–Kier alpha value is -1.75. The molecule has 0 saturated carbocycles. The Bertz CT molecular complexity index is 448. The maximum absolute atomic E-state index is 13.4. The molecule has 1 aromatic carbocycles. The van der Waals surface area contributed by atoms with Crippen LogP contribution in [0, 0.1) is 11.6 Å². The molecule has 84 valence electrons. The second-order valence-corrected chi connectivity index (χ2v) is 3.47. The summed E-state index contributed by atoms with van der Waals surface area (Å²) in [4.78, 5) is 0. The van der Waals surface area contributed by atoms with Crippen molar-refractivity contribution >= 4 is 0 Å². The molecule has 2 aromatic rings. The number of nitrogens with two attached hydrogens (primary N) is 1. The van der Waals surface area contributed by atoms with Crippen LogP contribution >= 0.6 is 0 Å². The zero-order valence-corrected chi connectivity index (χ0v) is 8.48. The number of halogens is 2. The van der Waals surface area contributed by atoms with Gasteiger partial charge in [0.25, 0.3) is 0 Å². The average molecular weight is 223 g/mol. The van der Waals surface area contributed by atoms with Gasteiger partial charge in [0.1, 0.15) is 11.6 Å². The summed E-state index contributed by atoms with van der Waals surface area (Å²) in [5.41, 5.74) is 5.65. The molecule has 5 heteroatoms. The van der Waals surface area contributed by atoms with Crippen LogP contribution in [-0.4, -0.2) is 9.78 Å². The molecule has 0 amide bonds. The summed E-state index contributed by atoms with van der Waals surface area (Å²) < 4.78 is 28.3.